The lowest BCUT2D eigenvalue weighted by Gasteiger charge is -2.94. The van der Waals surface area contributed by atoms with Crippen LogP contribution in [0.15, 0.2) is 6.20 Å². The van der Waals surface area contributed by atoms with E-state index in [1.54, 1.807) is 0 Å². The highest BCUT2D eigenvalue weighted by atomic mass is 35.5. The van der Waals surface area contributed by atoms with Gasteiger partial charge in [-0.1, -0.05) is 0 Å². The molecule has 1 aromatic heterocycles. The van der Waals surface area contributed by atoms with E-state index in [1.807, 2.05) is 20.8 Å². The quantitative estimate of drug-likeness (QED) is 0.600. The minimum absolute atomic E-state index is 0.00131. The van der Waals surface area contributed by atoms with Crippen LogP contribution in [0.3, 0.4) is 0 Å². The van der Waals surface area contributed by atoms with Gasteiger partial charge in [-0.05, 0) is 69.9 Å². The smallest absolute Gasteiger partial charge is 0.341 e. The highest BCUT2D eigenvalue weighted by molar-refractivity contribution is 6.28. The van der Waals surface area contributed by atoms with E-state index in [1.165, 1.54) is 6.20 Å². The lowest BCUT2D eigenvalue weighted by atomic mass is 9.10. The fraction of sp³-hybridized carbons (Fsp3) is 0.684. The molecule has 0 aromatic carbocycles. The van der Waals surface area contributed by atoms with E-state index in [0.29, 0.717) is 11.8 Å². The molecule has 2 N–H and O–H groups in total. The van der Waals surface area contributed by atoms with Crippen LogP contribution in [0.2, 0.25) is 5.28 Å². The van der Waals surface area contributed by atoms with Crippen LogP contribution in [-0.4, -0.2) is 38.2 Å². The predicted octanol–water partition coefficient (Wildman–Crippen LogP) is 3.14. The molecule has 0 radical (unpaired) electrons. The number of carbonyl (C=O) groups is 2. The number of carboxylic acids is 1. The first-order valence-electron chi connectivity index (χ1n) is 9.32. The van der Waals surface area contributed by atoms with Crippen molar-refractivity contribution in [2.75, 3.05) is 5.32 Å². The number of aromatic carboxylic acids is 1. The van der Waals surface area contributed by atoms with Crippen LogP contribution in [0, 0.1) is 22.7 Å². The number of nitrogens with zero attached hydrogens (tertiary/aromatic N) is 2. The molecule has 2 unspecified atom stereocenters. The number of carbonyl (C=O) groups excluding carboxylic acids is 1. The molecule has 27 heavy (non-hydrogen) atoms. The molecule has 4 fully saturated rings. The van der Waals surface area contributed by atoms with Crippen molar-refractivity contribution in [1.82, 2.24) is 9.97 Å². The summed E-state index contributed by atoms with van der Waals surface area (Å²) in [7, 11) is 0. The average molecular weight is 392 g/mol. The van der Waals surface area contributed by atoms with Gasteiger partial charge in [-0.2, -0.15) is 4.98 Å². The van der Waals surface area contributed by atoms with Gasteiger partial charge in [0.2, 0.25) is 5.28 Å². The Morgan fingerprint density at radius 3 is 2.41 bits per heavy atom. The van der Waals surface area contributed by atoms with E-state index in [4.69, 9.17) is 16.3 Å². The van der Waals surface area contributed by atoms with Gasteiger partial charge in [0.25, 0.3) is 0 Å². The third-order valence-electron chi connectivity index (χ3n) is 7.39. The zero-order valence-electron chi connectivity index (χ0n) is 15.5. The Labute approximate surface area is 161 Å². The van der Waals surface area contributed by atoms with Crippen molar-refractivity contribution in [1.29, 1.82) is 0 Å². The highest BCUT2D eigenvalue weighted by Crippen LogP contribution is 2.94. The topological polar surface area (TPSA) is 101 Å². The summed E-state index contributed by atoms with van der Waals surface area (Å²) in [5.74, 6) is 0.0274. The third kappa shape index (κ3) is 1.79. The van der Waals surface area contributed by atoms with Gasteiger partial charge >= 0.3 is 11.9 Å². The Morgan fingerprint density at radius 2 is 1.89 bits per heavy atom. The van der Waals surface area contributed by atoms with Crippen LogP contribution in [-0.2, 0) is 9.53 Å². The zero-order valence-corrected chi connectivity index (χ0v) is 16.3. The zero-order chi connectivity index (χ0) is 19.4. The van der Waals surface area contributed by atoms with E-state index in [-0.39, 0.29) is 33.6 Å². The number of nitrogens with one attached hydrogen (secondary N) is 1. The summed E-state index contributed by atoms with van der Waals surface area (Å²) < 4.78 is 5.75. The van der Waals surface area contributed by atoms with E-state index in [9.17, 15) is 14.7 Å². The van der Waals surface area contributed by atoms with Gasteiger partial charge < -0.3 is 15.2 Å². The molecule has 0 saturated heterocycles. The van der Waals surface area contributed by atoms with Gasteiger partial charge in [0.1, 0.15) is 17.0 Å². The predicted molar refractivity (Wildman–Crippen MR) is 96.5 cm³/mol. The maximum absolute atomic E-state index is 13.0. The van der Waals surface area contributed by atoms with Crippen LogP contribution in [0.5, 0.6) is 0 Å². The molecule has 0 bridgehead atoms. The number of esters is 1. The Bertz CT molecular complexity index is 877. The van der Waals surface area contributed by atoms with E-state index >= 15 is 0 Å². The first-order valence-corrected chi connectivity index (χ1v) is 9.70. The number of ether oxygens (including phenoxy) is 1. The van der Waals surface area contributed by atoms with Crippen LogP contribution in [0.25, 0.3) is 0 Å². The maximum atomic E-state index is 13.0. The highest BCUT2D eigenvalue weighted by Gasteiger charge is 2.96. The molecule has 4 aliphatic rings. The number of hydrogen-bond acceptors (Lipinski definition) is 6. The lowest BCUT2D eigenvalue weighted by molar-refractivity contribution is -0.421. The molecule has 8 heteroatoms. The molecule has 7 nitrogen and oxygen atoms in total. The van der Waals surface area contributed by atoms with Crippen molar-refractivity contribution < 1.29 is 19.4 Å². The number of halogens is 1. The minimum atomic E-state index is -1.10. The number of carboxylic acid groups (broad SMARTS) is 1. The molecule has 5 rings (SSSR count). The number of hydrogen-bond donors (Lipinski definition) is 2. The van der Waals surface area contributed by atoms with Gasteiger partial charge in [-0.25, -0.2) is 9.78 Å². The summed E-state index contributed by atoms with van der Waals surface area (Å²) in [6.45, 7) is 5.67. The first-order chi connectivity index (χ1) is 12.5. The van der Waals surface area contributed by atoms with E-state index < -0.39 is 17.0 Å². The summed E-state index contributed by atoms with van der Waals surface area (Å²) >= 11 is 5.90. The molecule has 2 atom stereocenters. The van der Waals surface area contributed by atoms with Crippen molar-refractivity contribution >= 4 is 29.4 Å². The standard InChI is InChI=1S/C19H22ClN3O4/c1-16(2,3)27-14(26)17-4-9-6-18(7-10(5-17)19(9,17)18)23-12-11(13(24)25)8-21-15(20)22-12/h8-10H,4-7H2,1-3H3,(H,24,25)(H,21,22,23). The fourth-order valence-corrected chi connectivity index (χ4v) is 7.03. The van der Waals surface area contributed by atoms with Crippen LogP contribution in [0.4, 0.5) is 5.82 Å². The van der Waals surface area contributed by atoms with Crippen molar-refractivity contribution in [3.63, 3.8) is 0 Å². The van der Waals surface area contributed by atoms with Crippen LogP contribution < -0.4 is 5.32 Å². The van der Waals surface area contributed by atoms with Gasteiger partial charge in [-0.15, -0.1) is 0 Å². The average Bonchev–Trinajstić information content (AvgIpc) is 2.45. The molecule has 0 aliphatic heterocycles. The maximum Gasteiger partial charge on any atom is 0.341 e. The summed E-state index contributed by atoms with van der Waals surface area (Å²) in [4.78, 5) is 32.5. The molecule has 1 heterocycles. The van der Waals surface area contributed by atoms with Gasteiger partial charge in [-0.3, -0.25) is 4.79 Å². The van der Waals surface area contributed by atoms with E-state index in [2.05, 4.69) is 15.3 Å². The fourth-order valence-electron chi connectivity index (χ4n) is 6.90. The summed E-state index contributed by atoms with van der Waals surface area (Å²) in [6, 6.07) is 0. The Kier molecular flexibility index (Phi) is 3.03. The van der Waals surface area contributed by atoms with Crippen LogP contribution >= 0.6 is 11.6 Å². The molecular weight excluding hydrogens is 370 g/mol. The molecule has 144 valence electrons. The SMILES string of the molecule is CC(C)(C)OC(=O)C12CC3CC4(Nc5nc(Cl)ncc5C(=O)O)CC(C1)C342. The van der Waals surface area contributed by atoms with Crippen molar-refractivity contribution in [2.24, 2.45) is 22.7 Å². The second-order valence-corrected chi connectivity index (χ2v) is 9.91. The second-order valence-electron chi connectivity index (χ2n) is 9.58. The number of rotatable bonds is 4. The van der Waals surface area contributed by atoms with Crippen molar-refractivity contribution in [2.45, 2.75) is 57.6 Å². The van der Waals surface area contributed by atoms with Crippen molar-refractivity contribution in [3.05, 3.63) is 17.0 Å². The van der Waals surface area contributed by atoms with Gasteiger partial charge in [0.05, 0.1) is 5.41 Å². The summed E-state index contributed by atoms with van der Waals surface area (Å²) in [5, 5.41) is 12.8. The molecular formula is C19H22ClN3O4. The minimum Gasteiger partial charge on any atom is -0.477 e. The first kappa shape index (κ1) is 17.2. The molecule has 0 amide bonds. The third-order valence-corrected chi connectivity index (χ3v) is 7.57. The monoisotopic (exact) mass is 391 g/mol. The summed E-state index contributed by atoms with van der Waals surface area (Å²) in [5.41, 5.74) is -1.36. The summed E-state index contributed by atoms with van der Waals surface area (Å²) in [6.07, 6.45) is 4.82. The Balaban J connectivity index is 1.46. The van der Waals surface area contributed by atoms with Crippen molar-refractivity contribution in [3.8, 4) is 0 Å². The molecule has 4 aliphatic carbocycles. The molecule has 4 saturated carbocycles. The largest absolute Gasteiger partial charge is 0.477 e. The van der Waals surface area contributed by atoms with Gasteiger partial charge in [0, 0.05) is 17.2 Å². The Hall–Kier alpha value is -1.89. The lowest BCUT2D eigenvalue weighted by Crippen LogP contribution is -2.96. The number of anilines is 1. The van der Waals surface area contributed by atoms with Gasteiger partial charge in [0.15, 0.2) is 0 Å². The van der Waals surface area contributed by atoms with Crippen LogP contribution in [0.1, 0.15) is 56.8 Å². The normalized spacial score (nSPS) is 40.1. The second kappa shape index (κ2) is 4.74. The Morgan fingerprint density at radius 1 is 1.26 bits per heavy atom. The molecule has 1 spiro atoms. The van der Waals surface area contributed by atoms with E-state index in [0.717, 1.165) is 25.7 Å². The number of aromatic nitrogens is 2. The molecule has 1 aromatic rings.